The molecule has 184 valence electrons. The summed E-state index contributed by atoms with van der Waals surface area (Å²) >= 11 is 1.75. The van der Waals surface area contributed by atoms with Gasteiger partial charge < -0.3 is 10.2 Å². The lowest BCUT2D eigenvalue weighted by Gasteiger charge is -2.35. The van der Waals surface area contributed by atoms with Crippen LogP contribution in [0.2, 0.25) is 0 Å². The number of hydrogen-bond donors (Lipinski definition) is 1. The molecule has 0 radical (unpaired) electrons. The summed E-state index contributed by atoms with van der Waals surface area (Å²) in [6.07, 6.45) is 3.03. The van der Waals surface area contributed by atoms with Crippen molar-refractivity contribution in [3.63, 3.8) is 0 Å². The number of para-hydroxylation sites is 2. The number of carbonyl (C=O) groups is 2. The van der Waals surface area contributed by atoms with Crippen LogP contribution in [0.5, 0.6) is 0 Å². The van der Waals surface area contributed by atoms with E-state index in [-0.39, 0.29) is 17.9 Å². The Hall–Kier alpha value is -2.81. The summed E-state index contributed by atoms with van der Waals surface area (Å²) in [6, 6.07) is 16.4. The van der Waals surface area contributed by atoms with E-state index in [0.717, 1.165) is 60.7 Å². The number of amides is 2. The van der Waals surface area contributed by atoms with E-state index in [1.54, 1.807) is 11.3 Å². The van der Waals surface area contributed by atoms with Gasteiger partial charge in [-0.2, -0.15) is 0 Å². The first-order valence-electron chi connectivity index (χ1n) is 12.6. The quantitative estimate of drug-likeness (QED) is 0.545. The molecule has 0 aliphatic carbocycles. The van der Waals surface area contributed by atoms with Crippen LogP contribution in [0.4, 0.5) is 5.69 Å². The van der Waals surface area contributed by atoms with Crippen LogP contribution in [0.1, 0.15) is 36.4 Å². The SMILES string of the molecule is CCc1ccccc1NC(=O)CN1CCN(C(=O)CN2CCCC2c2nc3ccccc3s2)CC1. The predicted molar refractivity (Wildman–Crippen MR) is 141 cm³/mol. The topological polar surface area (TPSA) is 68.8 Å². The number of likely N-dealkylation sites (tertiary alicyclic amines) is 1. The Morgan fingerprint density at radius 1 is 1.00 bits per heavy atom. The summed E-state index contributed by atoms with van der Waals surface area (Å²) < 4.78 is 1.21. The molecule has 2 fully saturated rings. The van der Waals surface area contributed by atoms with Gasteiger partial charge in [-0.1, -0.05) is 37.3 Å². The minimum atomic E-state index is 0.00131. The van der Waals surface area contributed by atoms with Crippen molar-refractivity contribution >= 4 is 39.1 Å². The van der Waals surface area contributed by atoms with E-state index in [1.165, 1.54) is 4.70 Å². The molecular weight excluding hydrogens is 458 g/mol. The van der Waals surface area contributed by atoms with Crippen LogP contribution in [0, 0.1) is 0 Å². The number of nitrogens with zero attached hydrogens (tertiary/aromatic N) is 4. The van der Waals surface area contributed by atoms with Gasteiger partial charge in [0, 0.05) is 31.9 Å². The first-order valence-corrected chi connectivity index (χ1v) is 13.4. The molecule has 2 amide bonds. The fourth-order valence-electron chi connectivity index (χ4n) is 5.10. The molecule has 3 aromatic rings. The molecule has 2 aliphatic heterocycles. The van der Waals surface area contributed by atoms with E-state index in [2.05, 4.69) is 34.2 Å². The van der Waals surface area contributed by atoms with Crippen molar-refractivity contribution in [1.82, 2.24) is 19.7 Å². The Balaban J connectivity index is 1.11. The van der Waals surface area contributed by atoms with Crippen LogP contribution in [-0.4, -0.2) is 77.3 Å². The number of anilines is 1. The highest BCUT2D eigenvalue weighted by atomic mass is 32.1. The number of benzene rings is 2. The molecule has 7 nitrogen and oxygen atoms in total. The lowest BCUT2D eigenvalue weighted by Crippen LogP contribution is -2.52. The average molecular weight is 492 g/mol. The van der Waals surface area contributed by atoms with Gasteiger partial charge in [0.25, 0.3) is 0 Å². The fraction of sp³-hybridized carbons (Fsp3) is 0.444. The maximum Gasteiger partial charge on any atom is 0.238 e. The molecule has 1 unspecified atom stereocenters. The number of rotatable bonds is 7. The summed E-state index contributed by atoms with van der Waals surface area (Å²) in [6.45, 7) is 6.58. The molecule has 2 aliphatic rings. The lowest BCUT2D eigenvalue weighted by molar-refractivity contribution is -0.134. The fourth-order valence-corrected chi connectivity index (χ4v) is 6.24. The monoisotopic (exact) mass is 491 g/mol. The van der Waals surface area contributed by atoms with Crippen molar-refractivity contribution in [2.45, 2.75) is 32.2 Å². The minimum Gasteiger partial charge on any atom is -0.339 e. The Morgan fingerprint density at radius 2 is 1.77 bits per heavy atom. The van der Waals surface area contributed by atoms with Gasteiger partial charge in [-0.05, 0) is 49.6 Å². The van der Waals surface area contributed by atoms with E-state index in [0.29, 0.717) is 26.2 Å². The third-order valence-electron chi connectivity index (χ3n) is 7.06. The van der Waals surface area contributed by atoms with E-state index < -0.39 is 0 Å². The van der Waals surface area contributed by atoms with E-state index in [4.69, 9.17) is 4.98 Å². The van der Waals surface area contributed by atoms with E-state index >= 15 is 0 Å². The van der Waals surface area contributed by atoms with Crippen LogP contribution in [-0.2, 0) is 16.0 Å². The van der Waals surface area contributed by atoms with Gasteiger partial charge in [-0.3, -0.25) is 19.4 Å². The van der Waals surface area contributed by atoms with Crippen LogP contribution >= 0.6 is 11.3 Å². The Labute approximate surface area is 210 Å². The van der Waals surface area contributed by atoms with Gasteiger partial charge in [0.15, 0.2) is 0 Å². The smallest absolute Gasteiger partial charge is 0.238 e. The second kappa shape index (κ2) is 10.8. The maximum atomic E-state index is 13.1. The molecule has 35 heavy (non-hydrogen) atoms. The number of aryl methyl sites for hydroxylation is 1. The van der Waals surface area contributed by atoms with E-state index in [9.17, 15) is 9.59 Å². The second-order valence-corrected chi connectivity index (χ2v) is 10.4. The summed E-state index contributed by atoms with van der Waals surface area (Å²) in [5, 5.41) is 4.17. The van der Waals surface area contributed by atoms with Crippen molar-refractivity contribution < 1.29 is 9.59 Å². The second-order valence-electron chi connectivity index (χ2n) is 9.36. The third kappa shape index (κ3) is 5.55. The highest BCUT2D eigenvalue weighted by Gasteiger charge is 2.32. The Morgan fingerprint density at radius 3 is 2.57 bits per heavy atom. The van der Waals surface area contributed by atoms with Crippen molar-refractivity contribution in [2.24, 2.45) is 0 Å². The zero-order valence-corrected chi connectivity index (χ0v) is 21.1. The van der Waals surface area contributed by atoms with Gasteiger partial charge in [0.1, 0.15) is 5.01 Å². The standard InChI is InChI=1S/C27H33N5O2S/c1-2-20-8-3-4-9-21(20)28-25(33)18-30-14-16-31(17-15-30)26(34)19-32-13-7-11-23(32)27-29-22-10-5-6-12-24(22)35-27/h3-6,8-10,12,23H,2,7,11,13-19H2,1H3,(H,28,33). The summed E-state index contributed by atoms with van der Waals surface area (Å²) in [4.78, 5) is 36.9. The largest absolute Gasteiger partial charge is 0.339 e. The number of hydrogen-bond acceptors (Lipinski definition) is 6. The zero-order valence-electron chi connectivity index (χ0n) is 20.3. The van der Waals surface area contributed by atoms with Crippen LogP contribution in [0.15, 0.2) is 48.5 Å². The van der Waals surface area contributed by atoms with Crippen LogP contribution < -0.4 is 5.32 Å². The maximum absolute atomic E-state index is 13.1. The molecular formula is C27H33N5O2S. The normalized spacial score (nSPS) is 19.3. The molecule has 5 rings (SSSR count). The number of aromatic nitrogens is 1. The predicted octanol–water partition coefficient (Wildman–Crippen LogP) is 3.78. The average Bonchev–Trinajstić information content (AvgIpc) is 3.51. The Bertz CT molecular complexity index is 1150. The molecule has 0 bridgehead atoms. The lowest BCUT2D eigenvalue weighted by atomic mass is 10.1. The van der Waals surface area contributed by atoms with Gasteiger partial charge in [0.2, 0.25) is 11.8 Å². The molecule has 0 spiro atoms. The molecule has 2 saturated heterocycles. The van der Waals surface area contributed by atoms with Gasteiger partial charge >= 0.3 is 0 Å². The highest BCUT2D eigenvalue weighted by molar-refractivity contribution is 7.18. The van der Waals surface area contributed by atoms with Gasteiger partial charge in [0.05, 0.1) is 29.3 Å². The van der Waals surface area contributed by atoms with Crippen molar-refractivity contribution in [2.75, 3.05) is 51.1 Å². The molecule has 3 heterocycles. The summed E-state index contributed by atoms with van der Waals surface area (Å²) in [5.41, 5.74) is 3.08. The van der Waals surface area contributed by atoms with Crippen molar-refractivity contribution in [3.8, 4) is 0 Å². The highest BCUT2D eigenvalue weighted by Crippen LogP contribution is 2.36. The molecule has 0 saturated carbocycles. The first kappa shape index (κ1) is 23.9. The van der Waals surface area contributed by atoms with Crippen molar-refractivity contribution in [3.05, 3.63) is 59.1 Å². The van der Waals surface area contributed by atoms with Crippen LogP contribution in [0.25, 0.3) is 10.2 Å². The number of nitrogens with one attached hydrogen (secondary N) is 1. The zero-order chi connectivity index (χ0) is 24.2. The van der Waals surface area contributed by atoms with Gasteiger partial charge in [-0.15, -0.1) is 11.3 Å². The first-order chi connectivity index (χ1) is 17.1. The number of thiazole rings is 1. The summed E-state index contributed by atoms with van der Waals surface area (Å²) in [7, 11) is 0. The summed E-state index contributed by atoms with van der Waals surface area (Å²) in [5.74, 6) is 0.181. The third-order valence-corrected chi connectivity index (χ3v) is 8.20. The molecule has 1 atom stereocenters. The van der Waals surface area contributed by atoms with E-state index in [1.807, 2.05) is 41.3 Å². The molecule has 2 aromatic carbocycles. The molecule has 8 heteroatoms. The molecule has 1 aromatic heterocycles. The van der Waals surface area contributed by atoms with Crippen molar-refractivity contribution in [1.29, 1.82) is 0 Å². The van der Waals surface area contributed by atoms with Gasteiger partial charge in [-0.25, -0.2) is 4.98 Å². The van der Waals surface area contributed by atoms with Crippen LogP contribution in [0.3, 0.4) is 0 Å². The number of fused-ring (bicyclic) bond motifs is 1. The number of piperazine rings is 1. The number of carbonyl (C=O) groups excluding carboxylic acids is 2. The molecule has 1 N–H and O–H groups in total. The minimum absolute atomic E-state index is 0.00131. The Kier molecular flexibility index (Phi) is 7.41.